The van der Waals surface area contributed by atoms with E-state index in [0.717, 1.165) is 17.7 Å². The van der Waals surface area contributed by atoms with E-state index >= 15 is 0 Å². The van der Waals surface area contributed by atoms with E-state index in [1.807, 2.05) is 18.2 Å². The zero-order valence-corrected chi connectivity index (χ0v) is 16.3. The molecule has 0 saturated carbocycles. The van der Waals surface area contributed by atoms with Gasteiger partial charge in [-0.05, 0) is 23.8 Å². The highest BCUT2D eigenvalue weighted by Crippen LogP contribution is 2.36. The van der Waals surface area contributed by atoms with Crippen molar-refractivity contribution in [2.45, 2.75) is 39.5 Å². The number of Topliss-reactive ketones (excluding diaryl/α,β-unsaturated/α-hetero) is 1. The second-order valence-electron chi connectivity index (χ2n) is 8.64. The van der Waals surface area contributed by atoms with Crippen LogP contribution in [0.1, 0.15) is 48.5 Å². The summed E-state index contributed by atoms with van der Waals surface area (Å²) in [5.74, 6) is 0.332. The summed E-state index contributed by atoms with van der Waals surface area (Å²) in [7, 11) is 0. The zero-order valence-electron chi connectivity index (χ0n) is 16.3. The van der Waals surface area contributed by atoms with Crippen molar-refractivity contribution in [1.29, 1.82) is 0 Å². The van der Waals surface area contributed by atoms with Gasteiger partial charge in [0.05, 0.1) is 23.7 Å². The van der Waals surface area contributed by atoms with Crippen molar-refractivity contribution in [3.8, 4) is 0 Å². The molecule has 0 spiro atoms. The van der Waals surface area contributed by atoms with Gasteiger partial charge in [-0.3, -0.25) is 14.4 Å². The molecule has 0 radical (unpaired) electrons. The van der Waals surface area contributed by atoms with Gasteiger partial charge in [0.1, 0.15) is 0 Å². The fourth-order valence-electron chi connectivity index (χ4n) is 4.18. The average Bonchev–Trinajstić information content (AvgIpc) is 3.03. The maximum absolute atomic E-state index is 12.6. The first-order chi connectivity index (χ1) is 13.3. The minimum absolute atomic E-state index is 0.0177. The fourth-order valence-corrected chi connectivity index (χ4v) is 4.18. The van der Waals surface area contributed by atoms with E-state index in [-0.39, 0.29) is 35.5 Å². The van der Waals surface area contributed by atoms with Gasteiger partial charge in [-0.1, -0.05) is 37.2 Å². The molecule has 7 heteroatoms. The monoisotopic (exact) mass is 383 g/mol. The topological polar surface area (TPSA) is 92.5 Å². The molecule has 1 aromatic heterocycles. The number of allylic oxidation sites excluding steroid dienone is 3. The Morgan fingerprint density at radius 1 is 1.36 bits per heavy atom. The van der Waals surface area contributed by atoms with E-state index in [4.69, 9.17) is 4.52 Å². The van der Waals surface area contributed by atoms with Crippen LogP contribution in [0.15, 0.2) is 28.3 Å². The van der Waals surface area contributed by atoms with Gasteiger partial charge in [-0.25, -0.2) is 0 Å². The number of fused-ring (bicyclic) bond motifs is 1. The number of aromatic nitrogens is 1. The molecular weight excluding hydrogens is 358 g/mol. The summed E-state index contributed by atoms with van der Waals surface area (Å²) in [5, 5.41) is 6.86. The molecule has 1 aliphatic heterocycles. The van der Waals surface area contributed by atoms with E-state index < -0.39 is 0 Å². The van der Waals surface area contributed by atoms with Gasteiger partial charge < -0.3 is 14.7 Å². The summed E-state index contributed by atoms with van der Waals surface area (Å²) in [4.78, 5) is 38.3. The molecule has 3 aliphatic rings. The molecule has 2 amide bonds. The molecule has 1 unspecified atom stereocenters. The third-order valence-electron chi connectivity index (χ3n) is 5.61. The van der Waals surface area contributed by atoms with Crippen molar-refractivity contribution in [2.24, 2.45) is 11.3 Å². The summed E-state index contributed by atoms with van der Waals surface area (Å²) >= 11 is 0. The quantitative estimate of drug-likeness (QED) is 0.860. The predicted molar refractivity (Wildman–Crippen MR) is 102 cm³/mol. The van der Waals surface area contributed by atoms with Crippen molar-refractivity contribution in [1.82, 2.24) is 15.4 Å². The number of nitrogens with one attached hydrogen (secondary N) is 1. The molecular formula is C21H25N3O4. The zero-order chi connectivity index (χ0) is 19.9. The summed E-state index contributed by atoms with van der Waals surface area (Å²) in [6.45, 7) is 5.31. The number of rotatable bonds is 3. The van der Waals surface area contributed by atoms with Crippen molar-refractivity contribution in [2.75, 3.05) is 19.6 Å². The summed E-state index contributed by atoms with van der Waals surface area (Å²) < 4.78 is 5.50. The van der Waals surface area contributed by atoms with Crippen LogP contribution in [0.5, 0.6) is 0 Å². The first-order valence-corrected chi connectivity index (χ1v) is 9.76. The highest BCUT2D eigenvalue weighted by Gasteiger charge is 2.36. The first-order valence-electron chi connectivity index (χ1n) is 9.76. The van der Waals surface area contributed by atoms with Crippen LogP contribution in [-0.2, 0) is 22.4 Å². The molecule has 1 N–H and O–H groups in total. The minimum atomic E-state index is -0.249. The summed E-state index contributed by atoms with van der Waals surface area (Å²) in [5.41, 5.74) is 2.33. The minimum Gasteiger partial charge on any atom is -0.360 e. The predicted octanol–water partition coefficient (Wildman–Crippen LogP) is 1.83. The Morgan fingerprint density at radius 3 is 2.89 bits per heavy atom. The fraction of sp³-hybridized carbons (Fsp3) is 0.524. The normalized spacial score (nSPS) is 23.9. The third kappa shape index (κ3) is 3.66. The van der Waals surface area contributed by atoms with Crippen LogP contribution in [0.2, 0.25) is 0 Å². The van der Waals surface area contributed by atoms with Gasteiger partial charge in [0, 0.05) is 25.9 Å². The number of amides is 2. The molecule has 1 fully saturated rings. The smallest absolute Gasteiger partial charge is 0.239 e. The molecule has 28 heavy (non-hydrogen) atoms. The lowest BCUT2D eigenvalue weighted by atomic mass is 9.75. The van der Waals surface area contributed by atoms with Crippen LogP contribution >= 0.6 is 0 Å². The third-order valence-corrected chi connectivity index (χ3v) is 5.61. The molecule has 0 aromatic carbocycles. The average molecular weight is 383 g/mol. The van der Waals surface area contributed by atoms with Crippen LogP contribution in [-0.4, -0.2) is 47.3 Å². The van der Waals surface area contributed by atoms with Gasteiger partial charge in [-0.2, -0.15) is 0 Å². The Labute approximate surface area is 163 Å². The summed E-state index contributed by atoms with van der Waals surface area (Å²) in [6.07, 6.45) is 8.15. The van der Waals surface area contributed by atoms with E-state index in [2.05, 4.69) is 24.3 Å². The van der Waals surface area contributed by atoms with E-state index in [9.17, 15) is 14.4 Å². The van der Waals surface area contributed by atoms with Crippen LogP contribution in [0.3, 0.4) is 0 Å². The van der Waals surface area contributed by atoms with Gasteiger partial charge in [0.15, 0.2) is 11.5 Å². The van der Waals surface area contributed by atoms with E-state index in [1.54, 1.807) is 4.90 Å². The second kappa shape index (κ2) is 7.04. The number of piperazine rings is 1. The van der Waals surface area contributed by atoms with Crippen molar-refractivity contribution in [3.05, 3.63) is 40.8 Å². The van der Waals surface area contributed by atoms with Gasteiger partial charge in [0.2, 0.25) is 11.8 Å². The van der Waals surface area contributed by atoms with Crippen LogP contribution in [0.4, 0.5) is 0 Å². The van der Waals surface area contributed by atoms with Crippen LogP contribution in [0, 0.1) is 11.3 Å². The molecule has 1 aromatic rings. The largest absolute Gasteiger partial charge is 0.360 e. The van der Waals surface area contributed by atoms with E-state index in [0.29, 0.717) is 43.7 Å². The standard InChI is InChI=1S/C21H25N3O4/c1-21(2)10-15-19(16(25)11-21)17(28-23-15)9-13-3-5-14(6-4-13)20(27)24-8-7-22-18(26)12-24/h3-5,14H,6-12H2,1-2H3,(H,22,26). The molecule has 2 heterocycles. The number of nitrogens with zero attached hydrogens (tertiary/aromatic N) is 2. The number of ketones is 1. The molecule has 1 saturated heterocycles. The Bertz CT molecular complexity index is 893. The lowest BCUT2D eigenvalue weighted by molar-refractivity contribution is -0.140. The lowest BCUT2D eigenvalue weighted by Crippen LogP contribution is -2.51. The maximum Gasteiger partial charge on any atom is 0.239 e. The lowest BCUT2D eigenvalue weighted by Gasteiger charge is -2.29. The molecule has 2 aliphatic carbocycles. The first kappa shape index (κ1) is 18.7. The number of hydrogen-bond donors (Lipinski definition) is 1. The number of hydrogen-bond acceptors (Lipinski definition) is 5. The molecule has 4 rings (SSSR count). The van der Waals surface area contributed by atoms with E-state index in [1.165, 1.54) is 0 Å². The SMILES string of the molecule is CC1(C)CC(=O)c2c(noc2CC2=CCC(C(=O)N3CCNC(=O)C3)C=C2)C1. The highest BCUT2D eigenvalue weighted by molar-refractivity contribution is 5.99. The van der Waals surface area contributed by atoms with Crippen molar-refractivity contribution < 1.29 is 18.9 Å². The molecule has 1 atom stereocenters. The van der Waals surface area contributed by atoms with Crippen molar-refractivity contribution >= 4 is 17.6 Å². The van der Waals surface area contributed by atoms with Gasteiger partial charge in [0.25, 0.3) is 0 Å². The highest BCUT2D eigenvalue weighted by atomic mass is 16.5. The molecule has 0 bridgehead atoms. The Balaban J connectivity index is 1.41. The Morgan fingerprint density at radius 2 is 2.18 bits per heavy atom. The maximum atomic E-state index is 12.6. The molecule has 148 valence electrons. The van der Waals surface area contributed by atoms with Crippen LogP contribution in [0.25, 0.3) is 0 Å². The second-order valence-corrected chi connectivity index (χ2v) is 8.64. The molecule has 7 nitrogen and oxygen atoms in total. The summed E-state index contributed by atoms with van der Waals surface area (Å²) in [6, 6.07) is 0. The van der Waals surface area contributed by atoms with Crippen LogP contribution < -0.4 is 5.32 Å². The van der Waals surface area contributed by atoms with Gasteiger partial charge >= 0.3 is 0 Å². The Kier molecular flexibility index (Phi) is 4.69. The van der Waals surface area contributed by atoms with Gasteiger partial charge in [-0.15, -0.1) is 0 Å². The number of carbonyl (C=O) groups is 3. The Hall–Kier alpha value is -2.70. The van der Waals surface area contributed by atoms with Crippen molar-refractivity contribution in [3.63, 3.8) is 0 Å². The number of carbonyl (C=O) groups excluding carboxylic acids is 3.